The third-order valence-electron chi connectivity index (χ3n) is 8.33. The van der Waals surface area contributed by atoms with Gasteiger partial charge in [-0.25, -0.2) is 0 Å². The van der Waals surface area contributed by atoms with Crippen molar-refractivity contribution in [3.05, 3.63) is 131 Å². The summed E-state index contributed by atoms with van der Waals surface area (Å²) in [5, 5.41) is 5.84. The van der Waals surface area contributed by atoms with Gasteiger partial charge in [-0.2, -0.15) is 0 Å². The molecule has 49 heavy (non-hydrogen) atoms. The van der Waals surface area contributed by atoms with Crippen LogP contribution in [-0.4, -0.2) is 59.1 Å². The smallest absolute Gasteiger partial charge is 0.247 e. The van der Waals surface area contributed by atoms with Crippen LogP contribution in [0.1, 0.15) is 41.5 Å². The summed E-state index contributed by atoms with van der Waals surface area (Å²) in [6, 6.07) is 33.4. The zero-order valence-corrected chi connectivity index (χ0v) is 27.4. The van der Waals surface area contributed by atoms with E-state index >= 15 is 0 Å². The monoisotopic (exact) mass is 652 g/mol. The molecular weight excluding hydrogens is 612 g/mol. The summed E-state index contributed by atoms with van der Waals surface area (Å²) in [4.78, 5) is 54.9. The summed E-state index contributed by atoms with van der Waals surface area (Å²) in [6.07, 6.45) is 11.6. The summed E-state index contributed by atoms with van der Waals surface area (Å²) in [5.74, 6) is 1.88. The minimum absolute atomic E-state index is 0.0338. The Hall–Kier alpha value is -5.94. The Bertz CT molecular complexity index is 1800. The first-order chi connectivity index (χ1) is 23.9. The third kappa shape index (κ3) is 10.3. The molecule has 0 saturated carbocycles. The van der Waals surface area contributed by atoms with Crippen LogP contribution in [0.2, 0.25) is 0 Å². The minimum atomic E-state index is -0.474. The number of carbonyl (C=O) groups excluding carboxylic acids is 4. The molecule has 0 unspecified atom stereocenters. The zero-order valence-electron chi connectivity index (χ0n) is 27.4. The highest BCUT2D eigenvalue weighted by Gasteiger charge is 2.34. The summed E-state index contributed by atoms with van der Waals surface area (Å²) in [7, 11) is 0. The number of nitrogens with one attached hydrogen (secondary N) is 2. The quantitative estimate of drug-likeness (QED) is 0.136. The van der Waals surface area contributed by atoms with Gasteiger partial charge in [-0.05, 0) is 59.4 Å². The molecule has 0 bridgehead atoms. The van der Waals surface area contributed by atoms with Crippen LogP contribution in [0.4, 0.5) is 11.4 Å². The van der Waals surface area contributed by atoms with E-state index in [1.807, 2.05) is 121 Å². The first-order valence-corrected chi connectivity index (χ1v) is 16.5. The van der Waals surface area contributed by atoms with Gasteiger partial charge in [0.2, 0.25) is 23.6 Å². The number of hydrogen-bond donors (Lipinski definition) is 2. The van der Waals surface area contributed by atoms with Gasteiger partial charge >= 0.3 is 0 Å². The molecule has 0 spiro atoms. The van der Waals surface area contributed by atoms with Gasteiger partial charge in [0.1, 0.15) is 6.04 Å². The van der Waals surface area contributed by atoms with E-state index in [1.54, 1.807) is 4.90 Å². The van der Waals surface area contributed by atoms with Crippen molar-refractivity contribution in [1.29, 1.82) is 0 Å². The molecule has 4 amide bonds. The van der Waals surface area contributed by atoms with Crippen LogP contribution in [0.15, 0.2) is 109 Å². The van der Waals surface area contributed by atoms with E-state index in [4.69, 9.17) is 6.42 Å². The molecule has 248 valence electrons. The number of carbonyl (C=O) groups is 4. The Balaban J connectivity index is 1.10. The fourth-order valence-electron chi connectivity index (χ4n) is 5.73. The van der Waals surface area contributed by atoms with Crippen LogP contribution in [0.3, 0.4) is 0 Å². The number of amides is 4. The third-order valence-corrected chi connectivity index (χ3v) is 8.33. The van der Waals surface area contributed by atoms with Gasteiger partial charge < -0.3 is 20.4 Å². The molecule has 1 aliphatic rings. The van der Waals surface area contributed by atoms with Crippen molar-refractivity contribution in [3.8, 4) is 12.3 Å². The fraction of sp³-hybridized carbons (Fsp3) is 0.220. The van der Waals surface area contributed by atoms with Crippen molar-refractivity contribution in [1.82, 2.24) is 9.80 Å². The molecule has 8 nitrogen and oxygen atoms in total. The number of benzene rings is 4. The van der Waals surface area contributed by atoms with Crippen LogP contribution in [0, 0.1) is 12.3 Å². The maximum absolute atomic E-state index is 13.1. The van der Waals surface area contributed by atoms with E-state index in [9.17, 15) is 19.2 Å². The van der Waals surface area contributed by atoms with E-state index in [1.165, 1.54) is 4.90 Å². The molecule has 8 heteroatoms. The average molecular weight is 653 g/mol. The van der Waals surface area contributed by atoms with Crippen molar-refractivity contribution in [3.63, 3.8) is 0 Å². The van der Waals surface area contributed by atoms with E-state index in [0.29, 0.717) is 37.3 Å². The molecule has 0 aromatic heterocycles. The van der Waals surface area contributed by atoms with Crippen molar-refractivity contribution in [2.75, 3.05) is 30.3 Å². The van der Waals surface area contributed by atoms with Crippen molar-refractivity contribution in [2.45, 2.75) is 38.1 Å². The minimum Gasteiger partial charge on any atom is -0.332 e. The van der Waals surface area contributed by atoms with Crippen LogP contribution >= 0.6 is 0 Å². The Kier molecular flexibility index (Phi) is 12.1. The summed E-state index contributed by atoms with van der Waals surface area (Å²) in [5.41, 5.74) is 4.99. The first kappa shape index (κ1) is 34.4. The molecule has 2 N–H and O–H groups in total. The number of hydrogen-bond acceptors (Lipinski definition) is 4. The predicted octanol–water partition coefficient (Wildman–Crippen LogP) is 6.06. The average Bonchev–Trinajstić information content (AvgIpc) is 3.62. The molecule has 4 aromatic rings. The van der Waals surface area contributed by atoms with Crippen molar-refractivity contribution >= 4 is 47.2 Å². The van der Waals surface area contributed by atoms with Gasteiger partial charge in [0.25, 0.3) is 0 Å². The van der Waals surface area contributed by atoms with E-state index in [0.717, 1.165) is 28.7 Å². The molecule has 1 fully saturated rings. The molecule has 1 heterocycles. The maximum atomic E-state index is 13.1. The highest BCUT2D eigenvalue weighted by Crippen LogP contribution is 2.22. The van der Waals surface area contributed by atoms with E-state index in [-0.39, 0.29) is 43.0 Å². The molecule has 5 rings (SSSR count). The predicted molar refractivity (Wildman–Crippen MR) is 194 cm³/mol. The highest BCUT2D eigenvalue weighted by molar-refractivity contribution is 5.98. The zero-order chi connectivity index (χ0) is 34.4. The Labute approximate surface area is 287 Å². The number of anilines is 2. The second-order valence-corrected chi connectivity index (χ2v) is 12.0. The van der Waals surface area contributed by atoms with Gasteiger partial charge in [0.15, 0.2) is 0 Å². The molecule has 1 aliphatic heterocycles. The lowest BCUT2D eigenvalue weighted by molar-refractivity contribution is -0.136. The van der Waals surface area contributed by atoms with Crippen molar-refractivity contribution < 1.29 is 19.2 Å². The lowest BCUT2D eigenvalue weighted by atomic mass is 10.1. The molecule has 1 atom stereocenters. The standard InChI is InChI=1S/C41H40N4O4/c1-2-3-26-44(39(47)28-33-11-6-4-7-12-33)30-38(46)42-35-22-18-31(19-23-35)16-17-32-20-24-36(25-21-32)43-41(49)37-15-10-27-45(37)40(48)29-34-13-8-5-9-14-34/h1,4-9,11-14,16-25,37H,3,10,15,26-30H2,(H,42,46)(H,43,49)/b17-16-/t37-/m0/s1. The van der Waals surface area contributed by atoms with Crippen LogP contribution in [-0.2, 0) is 32.0 Å². The second-order valence-electron chi connectivity index (χ2n) is 12.0. The van der Waals surface area contributed by atoms with E-state index < -0.39 is 6.04 Å². The van der Waals surface area contributed by atoms with Crippen LogP contribution < -0.4 is 10.6 Å². The van der Waals surface area contributed by atoms with Crippen LogP contribution in [0.25, 0.3) is 12.2 Å². The van der Waals surface area contributed by atoms with Gasteiger partial charge in [-0.1, -0.05) is 97.1 Å². The lowest BCUT2D eigenvalue weighted by Crippen LogP contribution is -2.43. The summed E-state index contributed by atoms with van der Waals surface area (Å²) >= 11 is 0. The molecule has 0 aliphatic carbocycles. The first-order valence-electron chi connectivity index (χ1n) is 16.5. The molecule has 0 radical (unpaired) electrons. The molecule has 1 saturated heterocycles. The number of nitrogens with zero attached hydrogens (tertiary/aromatic N) is 2. The maximum Gasteiger partial charge on any atom is 0.247 e. The SMILES string of the molecule is C#CCCN(CC(=O)Nc1ccc(/C=C\c2ccc(NC(=O)[C@@H]3CCCN3C(=O)Cc3ccccc3)cc2)cc1)C(=O)Cc1ccccc1. The molecular formula is C41H40N4O4. The second kappa shape index (κ2) is 17.3. The van der Waals surface area contributed by atoms with Gasteiger partial charge in [-0.15, -0.1) is 12.3 Å². The molecule has 4 aromatic carbocycles. The van der Waals surface area contributed by atoms with E-state index in [2.05, 4.69) is 16.6 Å². The Morgan fingerprint density at radius 1 is 0.755 bits per heavy atom. The fourth-order valence-corrected chi connectivity index (χ4v) is 5.73. The number of rotatable bonds is 13. The Morgan fingerprint density at radius 3 is 1.88 bits per heavy atom. The van der Waals surface area contributed by atoms with Crippen LogP contribution in [0.5, 0.6) is 0 Å². The number of likely N-dealkylation sites (tertiary alicyclic amines) is 1. The summed E-state index contributed by atoms with van der Waals surface area (Å²) in [6.45, 7) is 0.807. The van der Waals surface area contributed by atoms with Crippen molar-refractivity contribution in [2.24, 2.45) is 0 Å². The highest BCUT2D eigenvalue weighted by atomic mass is 16.2. The number of terminal acetylenes is 1. The summed E-state index contributed by atoms with van der Waals surface area (Å²) < 4.78 is 0. The largest absolute Gasteiger partial charge is 0.332 e. The normalized spacial score (nSPS) is 13.9. The van der Waals surface area contributed by atoms with Gasteiger partial charge in [-0.3, -0.25) is 19.2 Å². The van der Waals surface area contributed by atoms with Gasteiger partial charge in [0, 0.05) is 30.9 Å². The Morgan fingerprint density at radius 2 is 1.31 bits per heavy atom. The topological polar surface area (TPSA) is 98.8 Å². The lowest BCUT2D eigenvalue weighted by Gasteiger charge is -2.24. The van der Waals surface area contributed by atoms with Gasteiger partial charge in [0.05, 0.1) is 19.4 Å².